The third-order valence-corrected chi connectivity index (χ3v) is 2.89. The average molecular weight is 283 g/mol. The summed E-state index contributed by atoms with van der Waals surface area (Å²) in [4.78, 5) is 11.8. The Morgan fingerprint density at radius 2 is 1.86 bits per heavy atom. The molecule has 1 amide bonds. The fourth-order valence-corrected chi connectivity index (χ4v) is 1.85. The molecule has 0 aromatic heterocycles. The summed E-state index contributed by atoms with van der Waals surface area (Å²) >= 11 is 0. The number of carbonyl (C=O) groups excluding carboxylic acids is 1. The van der Waals surface area contributed by atoms with Crippen LogP contribution in [0.15, 0.2) is 48.5 Å². The average Bonchev–Trinajstić information content (AvgIpc) is 2.52. The van der Waals surface area contributed by atoms with Crippen molar-refractivity contribution >= 4 is 11.6 Å². The van der Waals surface area contributed by atoms with E-state index in [1.54, 1.807) is 30.3 Å². The maximum Gasteiger partial charge on any atom is 0.251 e. The Bertz CT molecular complexity index is 665. The van der Waals surface area contributed by atoms with Gasteiger partial charge in [-0.3, -0.25) is 4.79 Å². The zero-order chi connectivity index (χ0) is 15.1. The van der Waals surface area contributed by atoms with E-state index in [9.17, 15) is 9.18 Å². The van der Waals surface area contributed by atoms with Crippen LogP contribution in [0, 0.1) is 17.1 Å². The van der Waals surface area contributed by atoms with Gasteiger partial charge < -0.3 is 10.6 Å². The Hall–Kier alpha value is -2.87. The number of nitriles is 1. The number of hydrogen-bond acceptors (Lipinski definition) is 3. The summed E-state index contributed by atoms with van der Waals surface area (Å²) in [6.45, 7) is 0.770. The van der Waals surface area contributed by atoms with E-state index < -0.39 is 5.82 Å². The van der Waals surface area contributed by atoms with Gasteiger partial charge in [-0.2, -0.15) is 5.26 Å². The maximum atomic E-state index is 13.4. The van der Waals surface area contributed by atoms with Gasteiger partial charge in [0.05, 0.1) is 5.69 Å². The van der Waals surface area contributed by atoms with Crippen LogP contribution >= 0.6 is 0 Å². The molecule has 5 heteroatoms. The number of rotatable bonds is 5. The molecular formula is C16H14FN3O. The van der Waals surface area contributed by atoms with Gasteiger partial charge in [0.25, 0.3) is 5.91 Å². The molecule has 0 aliphatic carbocycles. The largest absolute Gasteiger partial charge is 0.382 e. The van der Waals surface area contributed by atoms with Gasteiger partial charge in [-0.1, -0.05) is 24.3 Å². The van der Waals surface area contributed by atoms with Gasteiger partial charge in [0.2, 0.25) is 0 Å². The third-order valence-electron chi connectivity index (χ3n) is 2.89. The highest BCUT2D eigenvalue weighted by Gasteiger charge is 2.07. The molecular weight excluding hydrogens is 269 g/mol. The van der Waals surface area contributed by atoms with Crippen LogP contribution < -0.4 is 10.6 Å². The SMILES string of the molecule is N#Cc1c(F)cccc1NCCNC(=O)c1ccccc1. The maximum absolute atomic E-state index is 13.4. The number of amides is 1. The van der Waals surface area contributed by atoms with Crippen molar-refractivity contribution in [2.75, 3.05) is 18.4 Å². The lowest BCUT2D eigenvalue weighted by atomic mass is 10.2. The van der Waals surface area contributed by atoms with Crippen LogP contribution in [0.2, 0.25) is 0 Å². The van der Waals surface area contributed by atoms with Gasteiger partial charge in [-0.25, -0.2) is 4.39 Å². The predicted molar refractivity (Wildman–Crippen MR) is 78.4 cm³/mol. The molecule has 2 rings (SSSR count). The number of nitrogens with zero attached hydrogens (tertiary/aromatic N) is 1. The minimum atomic E-state index is -0.559. The van der Waals surface area contributed by atoms with Crippen LogP contribution in [-0.2, 0) is 0 Å². The molecule has 4 nitrogen and oxygen atoms in total. The molecule has 0 radical (unpaired) electrons. The number of benzene rings is 2. The molecule has 0 fully saturated rings. The monoisotopic (exact) mass is 283 g/mol. The van der Waals surface area contributed by atoms with Crippen molar-refractivity contribution in [1.29, 1.82) is 5.26 Å². The van der Waals surface area contributed by atoms with Crippen molar-refractivity contribution in [2.45, 2.75) is 0 Å². The van der Waals surface area contributed by atoms with Crippen molar-refractivity contribution < 1.29 is 9.18 Å². The van der Waals surface area contributed by atoms with Gasteiger partial charge >= 0.3 is 0 Å². The molecule has 0 saturated heterocycles. The topological polar surface area (TPSA) is 64.9 Å². The summed E-state index contributed by atoms with van der Waals surface area (Å²) in [6, 6.07) is 15.1. The first kappa shape index (κ1) is 14.5. The lowest BCUT2D eigenvalue weighted by molar-refractivity contribution is 0.0955. The molecule has 0 aliphatic heterocycles. The van der Waals surface area contributed by atoms with E-state index in [-0.39, 0.29) is 11.5 Å². The van der Waals surface area contributed by atoms with E-state index in [4.69, 9.17) is 5.26 Å². The summed E-state index contributed by atoms with van der Waals surface area (Å²) in [5.41, 5.74) is 0.985. The Morgan fingerprint density at radius 1 is 1.10 bits per heavy atom. The fraction of sp³-hybridized carbons (Fsp3) is 0.125. The molecule has 2 N–H and O–H groups in total. The van der Waals surface area contributed by atoms with E-state index in [1.807, 2.05) is 12.1 Å². The first-order valence-corrected chi connectivity index (χ1v) is 6.48. The summed E-state index contributed by atoms with van der Waals surface area (Å²) in [7, 11) is 0. The second-order valence-electron chi connectivity index (χ2n) is 4.32. The number of hydrogen-bond donors (Lipinski definition) is 2. The fourth-order valence-electron chi connectivity index (χ4n) is 1.85. The lowest BCUT2D eigenvalue weighted by Gasteiger charge is -2.09. The third kappa shape index (κ3) is 3.80. The smallest absolute Gasteiger partial charge is 0.251 e. The highest BCUT2D eigenvalue weighted by molar-refractivity contribution is 5.94. The summed E-state index contributed by atoms with van der Waals surface area (Å²) in [6.07, 6.45) is 0. The highest BCUT2D eigenvalue weighted by Crippen LogP contribution is 2.17. The first-order valence-electron chi connectivity index (χ1n) is 6.48. The lowest BCUT2D eigenvalue weighted by Crippen LogP contribution is -2.28. The number of halogens is 1. The second kappa shape index (κ2) is 7.06. The normalized spacial score (nSPS) is 9.71. The van der Waals surface area contributed by atoms with Crippen molar-refractivity contribution in [2.24, 2.45) is 0 Å². The van der Waals surface area contributed by atoms with Crippen molar-refractivity contribution in [3.8, 4) is 6.07 Å². The van der Waals surface area contributed by atoms with Crippen LogP contribution in [0.4, 0.5) is 10.1 Å². The minimum absolute atomic E-state index is 0.0214. The molecule has 21 heavy (non-hydrogen) atoms. The molecule has 0 spiro atoms. The van der Waals surface area contributed by atoms with Crippen molar-refractivity contribution in [1.82, 2.24) is 5.32 Å². The zero-order valence-electron chi connectivity index (χ0n) is 11.3. The highest BCUT2D eigenvalue weighted by atomic mass is 19.1. The molecule has 106 valence electrons. The Labute approximate surface area is 122 Å². The van der Waals surface area contributed by atoms with E-state index in [2.05, 4.69) is 10.6 Å². The molecule has 0 aliphatic rings. The van der Waals surface area contributed by atoms with Gasteiger partial charge in [0.1, 0.15) is 17.4 Å². The van der Waals surface area contributed by atoms with E-state index in [0.717, 1.165) is 0 Å². The molecule has 2 aromatic carbocycles. The molecule has 2 aromatic rings. The molecule has 0 saturated carbocycles. The Kier molecular flexibility index (Phi) is 4.89. The first-order chi connectivity index (χ1) is 10.2. The van der Waals surface area contributed by atoms with Crippen LogP contribution in [0.25, 0.3) is 0 Å². The van der Waals surface area contributed by atoms with Crippen LogP contribution in [-0.4, -0.2) is 19.0 Å². The Morgan fingerprint density at radius 3 is 2.57 bits per heavy atom. The predicted octanol–water partition coefficient (Wildman–Crippen LogP) is 2.54. The molecule has 0 bridgehead atoms. The van der Waals surface area contributed by atoms with Crippen LogP contribution in [0.3, 0.4) is 0 Å². The van der Waals surface area contributed by atoms with Gasteiger partial charge in [-0.05, 0) is 24.3 Å². The molecule has 0 atom stereocenters. The standard InChI is InChI=1S/C16H14FN3O/c17-14-7-4-8-15(13(14)11-18)19-9-10-20-16(21)12-5-2-1-3-6-12/h1-8,19H,9-10H2,(H,20,21). The van der Waals surface area contributed by atoms with Crippen molar-refractivity contribution in [3.63, 3.8) is 0 Å². The van der Waals surface area contributed by atoms with Gasteiger partial charge in [0, 0.05) is 18.7 Å². The van der Waals surface area contributed by atoms with Gasteiger partial charge in [0.15, 0.2) is 0 Å². The molecule has 0 heterocycles. The quantitative estimate of drug-likeness (QED) is 0.829. The second-order valence-corrected chi connectivity index (χ2v) is 4.32. The zero-order valence-corrected chi connectivity index (χ0v) is 11.3. The summed E-state index contributed by atoms with van der Waals surface area (Å²) in [5.74, 6) is -0.729. The van der Waals surface area contributed by atoms with Gasteiger partial charge in [-0.15, -0.1) is 0 Å². The van der Waals surface area contributed by atoms with E-state index in [0.29, 0.717) is 24.3 Å². The number of nitrogens with one attached hydrogen (secondary N) is 2. The number of carbonyl (C=O) groups is 1. The minimum Gasteiger partial charge on any atom is -0.382 e. The van der Waals surface area contributed by atoms with E-state index >= 15 is 0 Å². The van der Waals surface area contributed by atoms with Crippen molar-refractivity contribution in [3.05, 3.63) is 65.5 Å². The van der Waals surface area contributed by atoms with Crippen LogP contribution in [0.5, 0.6) is 0 Å². The van der Waals surface area contributed by atoms with Crippen LogP contribution in [0.1, 0.15) is 15.9 Å². The molecule has 0 unspecified atom stereocenters. The Balaban J connectivity index is 1.85. The number of anilines is 1. The summed E-state index contributed by atoms with van der Waals surface area (Å²) in [5, 5.41) is 14.6. The summed E-state index contributed by atoms with van der Waals surface area (Å²) < 4.78 is 13.4. The van der Waals surface area contributed by atoms with E-state index in [1.165, 1.54) is 12.1 Å².